The van der Waals surface area contributed by atoms with Crippen LogP contribution < -0.4 is 0 Å². The van der Waals surface area contributed by atoms with Crippen LogP contribution in [0, 0.1) is 0 Å². The highest BCUT2D eigenvalue weighted by molar-refractivity contribution is 5.85. The number of hydrogen-bond acceptors (Lipinski definition) is 4. The molecule has 0 radical (unpaired) electrons. The zero-order valence-electron chi connectivity index (χ0n) is 8.24. The van der Waals surface area contributed by atoms with E-state index in [-0.39, 0.29) is 5.78 Å². The number of Topliss-reactive ketones (excluding diaryl/α,β-unsaturated/α-hetero) is 1. The van der Waals surface area contributed by atoms with Gasteiger partial charge in [0.05, 0.1) is 0 Å². The molecule has 76 valence electrons. The zero-order valence-corrected chi connectivity index (χ0v) is 8.24. The van der Waals surface area contributed by atoms with E-state index in [1.807, 2.05) is 6.92 Å². The van der Waals surface area contributed by atoms with Crippen molar-refractivity contribution in [2.24, 2.45) is 0 Å². The Balaban J connectivity index is 3.92. The molecule has 0 heterocycles. The Labute approximate surface area is 77.9 Å². The highest BCUT2D eigenvalue weighted by atomic mass is 16.6. The standard InChI is InChI=1S/C9H16O4/c1-4-5-8(11)7(3)13-9(12)6(2)10/h6-7,10H,4-5H2,1-3H3. The summed E-state index contributed by atoms with van der Waals surface area (Å²) >= 11 is 0. The predicted molar refractivity (Wildman–Crippen MR) is 47.1 cm³/mol. The molecule has 4 heteroatoms. The lowest BCUT2D eigenvalue weighted by Crippen LogP contribution is -2.29. The van der Waals surface area contributed by atoms with Gasteiger partial charge in [-0.2, -0.15) is 0 Å². The monoisotopic (exact) mass is 188 g/mol. The van der Waals surface area contributed by atoms with Gasteiger partial charge in [-0.3, -0.25) is 4.79 Å². The molecule has 0 aromatic rings. The Bertz CT molecular complexity index is 186. The number of ketones is 1. The predicted octanol–water partition coefficient (Wildman–Crippen LogP) is 0.668. The molecular formula is C9H16O4. The summed E-state index contributed by atoms with van der Waals surface area (Å²) < 4.78 is 4.69. The topological polar surface area (TPSA) is 63.6 Å². The smallest absolute Gasteiger partial charge is 0.335 e. The minimum absolute atomic E-state index is 0.114. The van der Waals surface area contributed by atoms with Crippen LogP contribution in [0.25, 0.3) is 0 Å². The van der Waals surface area contributed by atoms with Gasteiger partial charge in [0.15, 0.2) is 11.9 Å². The van der Waals surface area contributed by atoms with Crippen LogP contribution in [-0.4, -0.2) is 29.1 Å². The van der Waals surface area contributed by atoms with Gasteiger partial charge in [0.1, 0.15) is 6.10 Å². The summed E-state index contributed by atoms with van der Waals surface area (Å²) in [6.07, 6.45) is -0.789. The average Bonchev–Trinajstić information content (AvgIpc) is 2.04. The fraction of sp³-hybridized carbons (Fsp3) is 0.778. The molecule has 1 N–H and O–H groups in total. The number of carbonyl (C=O) groups excluding carboxylic acids is 2. The van der Waals surface area contributed by atoms with E-state index in [1.165, 1.54) is 13.8 Å². The fourth-order valence-corrected chi connectivity index (χ4v) is 0.788. The van der Waals surface area contributed by atoms with Crippen LogP contribution >= 0.6 is 0 Å². The van der Waals surface area contributed by atoms with Crippen molar-refractivity contribution in [3.63, 3.8) is 0 Å². The van der Waals surface area contributed by atoms with E-state index in [1.54, 1.807) is 0 Å². The molecule has 13 heavy (non-hydrogen) atoms. The van der Waals surface area contributed by atoms with Gasteiger partial charge in [-0.1, -0.05) is 6.92 Å². The third-order valence-corrected chi connectivity index (χ3v) is 1.58. The number of aliphatic hydroxyl groups is 1. The lowest BCUT2D eigenvalue weighted by atomic mass is 10.1. The lowest BCUT2D eigenvalue weighted by molar-refractivity contribution is -0.161. The van der Waals surface area contributed by atoms with Crippen LogP contribution in [0.4, 0.5) is 0 Å². The summed E-state index contributed by atoms with van der Waals surface area (Å²) in [6, 6.07) is 0. The van der Waals surface area contributed by atoms with E-state index in [9.17, 15) is 9.59 Å². The number of hydrogen-bond donors (Lipinski definition) is 1. The van der Waals surface area contributed by atoms with Gasteiger partial charge in [-0.05, 0) is 20.3 Å². The summed E-state index contributed by atoms with van der Waals surface area (Å²) in [5.74, 6) is -0.867. The molecular weight excluding hydrogens is 172 g/mol. The van der Waals surface area contributed by atoms with E-state index in [4.69, 9.17) is 5.11 Å². The average molecular weight is 188 g/mol. The van der Waals surface area contributed by atoms with Gasteiger partial charge in [-0.25, -0.2) is 4.79 Å². The molecule has 2 atom stereocenters. The van der Waals surface area contributed by atoms with E-state index in [2.05, 4.69) is 4.74 Å². The van der Waals surface area contributed by atoms with Crippen molar-refractivity contribution in [1.29, 1.82) is 0 Å². The lowest BCUT2D eigenvalue weighted by Gasteiger charge is -2.12. The molecule has 0 saturated carbocycles. The molecule has 0 aliphatic carbocycles. The van der Waals surface area contributed by atoms with Crippen molar-refractivity contribution in [2.45, 2.75) is 45.8 Å². The highest BCUT2D eigenvalue weighted by Crippen LogP contribution is 2.01. The second-order valence-corrected chi connectivity index (χ2v) is 2.97. The molecule has 4 nitrogen and oxygen atoms in total. The van der Waals surface area contributed by atoms with Gasteiger partial charge in [0, 0.05) is 6.42 Å². The van der Waals surface area contributed by atoms with Crippen LogP contribution in [0.15, 0.2) is 0 Å². The summed E-state index contributed by atoms with van der Waals surface area (Å²) in [5.41, 5.74) is 0. The first-order valence-corrected chi connectivity index (χ1v) is 4.40. The molecule has 0 aromatic heterocycles. The van der Waals surface area contributed by atoms with Crippen molar-refractivity contribution < 1.29 is 19.4 Å². The minimum Gasteiger partial charge on any atom is -0.453 e. The number of esters is 1. The molecule has 0 saturated heterocycles. The van der Waals surface area contributed by atoms with Crippen LogP contribution in [0.3, 0.4) is 0 Å². The normalized spacial score (nSPS) is 14.8. The van der Waals surface area contributed by atoms with Crippen molar-refractivity contribution in [1.82, 2.24) is 0 Å². The molecule has 0 bridgehead atoms. The van der Waals surface area contributed by atoms with E-state index in [0.29, 0.717) is 6.42 Å². The largest absolute Gasteiger partial charge is 0.453 e. The molecule has 0 amide bonds. The van der Waals surface area contributed by atoms with Crippen LogP contribution in [0.1, 0.15) is 33.6 Å². The van der Waals surface area contributed by atoms with E-state index < -0.39 is 18.2 Å². The number of aliphatic hydroxyl groups excluding tert-OH is 1. The number of ether oxygens (including phenoxy) is 1. The third kappa shape index (κ3) is 4.62. The quantitative estimate of drug-likeness (QED) is 0.644. The number of rotatable bonds is 5. The van der Waals surface area contributed by atoms with Gasteiger partial charge < -0.3 is 9.84 Å². The summed E-state index contributed by atoms with van der Waals surface area (Å²) in [5, 5.41) is 8.80. The SMILES string of the molecule is CCCC(=O)C(C)OC(=O)C(C)O. The molecule has 0 aliphatic rings. The van der Waals surface area contributed by atoms with Gasteiger partial charge in [-0.15, -0.1) is 0 Å². The Morgan fingerprint density at radius 1 is 1.38 bits per heavy atom. The van der Waals surface area contributed by atoms with Crippen LogP contribution in [0.2, 0.25) is 0 Å². The fourth-order valence-electron chi connectivity index (χ4n) is 0.788. The maximum Gasteiger partial charge on any atom is 0.335 e. The second kappa shape index (κ2) is 5.70. The highest BCUT2D eigenvalue weighted by Gasteiger charge is 2.19. The van der Waals surface area contributed by atoms with E-state index >= 15 is 0 Å². The van der Waals surface area contributed by atoms with Crippen molar-refractivity contribution >= 4 is 11.8 Å². The zero-order chi connectivity index (χ0) is 10.4. The van der Waals surface area contributed by atoms with Gasteiger partial charge in [0.2, 0.25) is 0 Å². The molecule has 0 aromatic carbocycles. The summed E-state index contributed by atoms with van der Waals surface area (Å²) in [7, 11) is 0. The minimum atomic E-state index is -1.17. The van der Waals surface area contributed by atoms with Crippen molar-refractivity contribution in [3.8, 4) is 0 Å². The van der Waals surface area contributed by atoms with Crippen molar-refractivity contribution in [3.05, 3.63) is 0 Å². The van der Waals surface area contributed by atoms with E-state index in [0.717, 1.165) is 6.42 Å². The molecule has 0 rings (SSSR count). The maximum absolute atomic E-state index is 11.1. The Hall–Kier alpha value is -0.900. The Kier molecular flexibility index (Phi) is 5.30. The van der Waals surface area contributed by atoms with Gasteiger partial charge in [0.25, 0.3) is 0 Å². The second-order valence-electron chi connectivity index (χ2n) is 2.97. The van der Waals surface area contributed by atoms with Crippen molar-refractivity contribution in [2.75, 3.05) is 0 Å². The van der Waals surface area contributed by atoms with Gasteiger partial charge >= 0.3 is 5.97 Å². The first-order valence-electron chi connectivity index (χ1n) is 4.40. The first kappa shape index (κ1) is 12.1. The molecule has 0 fully saturated rings. The van der Waals surface area contributed by atoms with Crippen LogP contribution in [0.5, 0.6) is 0 Å². The maximum atomic E-state index is 11.1. The number of carbonyl (C=O) groups is 2. The summed E-state index contributed by atoms with van der Waals surface area (Å²) in [6.45, 7) is 4.69. The third-order valence-electron chi connectivity index (χ3n) is 1.58. The Morgan fingerprint density at radius 2 is 1.92 bits per heavy atom. The molecule has 0 spiro atoms. The molecule has 0 aliphatic heterocycles. The molecule has 2 unspecified atom stereocenters. The van der Waals surface area contributed by atoms with Crippen LogP contribution in [-0.2, 0) is 14.3 Å². The first-order chi connectivity index (χ1) is 5.99. The Morgan fingerprint density at radius 3 is 2.31 bits per heavy atom. The summed E-state index contributed by atoms with van der Waals surface area (Å²) in [4.78, 5) is 22.0.